The lowest BCUT2D eigenvalue weighted by molar-refractivity contribution is 0.294. The number of hydrogen-bond donors (Lipinski definition) is 1. The summed E-state index contributed by atoms with van der Waals surface area (Å²) in [7, 11) is 0. The van der Waals surface area contributed by atoms with Gasteiger partial charge in [0.1, 0.15) is 23.7 Å². The van der Waals surface area contributed by atoms with E-state index in [1.807, 2.05) is 24.3 Å². The zero-order valence-electron chi connectivity index (χ0n) is 7.84. The summed E-state index contributed by atoms with van der Waals surface area (Å²) in [6, 6.07) is 7.68. The van der Waals surface area contributed by atoms with Gasteiger partial charge in [-0.2, -0.15) is 0 Å². The third-order valence-corrected chi connectivity index (χ3v) is 2.28. The average molecular weight is 200 g/mol. The molecule has 0 radical (unpaired) electrons. The highest BCUT2D eigenvalue weighted by molar-refractivity contribution is 5.70. The molecule has 0 unspecified atom stereocenters. The van der Waals surface area contributed by atoms with Crippen LogP contribution in [0.4, 0.5) is 5.95 Å². The first-order valence-corrected chi connectivity index (χ1v) is 4.56. The van der Waals surface area contributed by atoms with E-state index >= 15 is 0 Å². The van der Waals surface area contributed by atoms with Gasteiger partial charge in [0.15, 0.2) is 0 Å². The van der Waals surface area contributed by atoms with Crippen LogP contribution in [0.25, 0.3) is 11.3 Å². The Morgan fingerprint density at radius 3 is 3.00 bits per heavy atom. The molecule has 0 spiro atoms. The molecule has 2 heterocycles. The Hall–Kier alpha value is -2.17. The van der Waals surface area contributed by atoms with Gasteiger partial charge in [0, 0.05) is 5.56 Å². The number of hydrogen-bond acceptors (Lipinski definition) is 5. The quantitative estimate of drug-likeness (QED) is 0.687. The first-order chi connectivity index (χ1) is 7.34. The molecule has 1 aliphatic heterocycles. The second-order valence-corrected chi connectivity index (χ2v) is 3.25. The largest absolute Gasteiger partial charge is 0.486 e. The van der Waals surface area contributed by atoms with Crippen LogP contribution in [0, 0.1) is 0 Å². The minimum Gasteiger partial charge on any atom is -0.486 e. The van der Waals surface area contributed by atoms with Crippen molar-refractivity contribution in [2.45, 2.75) is 6.61 Å². The van der Waals surface area contributed by atoms with Crippen LogP contribution in [0.1, 0.15) is 5.69 Å². The third kappa shape index (κ3) is 1.20. The summed E-state index contributed by atoms with van der Waals surface area (Å²) >= 11 is 0. The summed E-state index contributed by atoms with van der Waals surface area (Å²) in [4.78, 5) is 4.18. The molecule has 0 aliphatic carbocycles. The Bertz CT molecular complexity index is 527. The smallest absolute Gasteiger partial charge is 0.240 e. The van der Waals surface area contributed by atoms with Crippen molar-refractivity contribution in [3.05, 3.63) is 30.0 Å². The Kier molecular flexibility index (Phi) is 1.58. The molecule has 0 amide bonds. The van der Waals surface area contributed by atoms with Gasteiger partial charge in [0.2, 0.25) is 5.95 Å². The van der Waals surface area contributed by atoms with E-state index in [1.165, 1.54) is 0 Å². The van der Waals surface area contributed by atoms with E-state index in [4.69, 9.17) is 10.5 Å². The Balaban J connectivity index is 2.28. The summed E-state index contributed by atoms with van der Waals surface area (Å²) in [6.45, 7) is 0.395. The molecule has 1 aromatic carbocycles. The molecule has 0 saturated carbocycles. The summed E-state index contributed by atoms with van der Waals surface area (Å²) in [6.07, 6.45) is 0. The maximum absolute atomic E-state index is 5.51. The Morgan fingerprint density at radius 1 is 1.20 bits per heavy atom. The molecule has 2 N–H and O–H groups in total. The number of nitrogens with zero attached hydrogens (tertiary/aromatic N) is 3. The van der Waals surface area contributed by atoms with E-state index in [0.29, 0.717) is 6.61 Å². The first-order valence-electron chi connectivity index (χ1n) is 4.56. The molecular formula is C10H8N4O. The molecule has 3 rings (SSSR count). The van der Waals surface area contributed by atoms with Gasteiger partial charge in [-0.25, -0.2) is 4.98 Å². The number of fused-ring (bicyclic) bond motifs is 3. The molecule has 0 atom stereocenters. The third-order valence-electron chi connectivity index (χ3n) is 2.28. The highest BCUT2D eigenvalue weighted by Gasteiger charge is 2.19. The summed E-state index contributed by atoms with van der Waals surface area (Å²) in [5, 5.41) is 7.66. The minimum atomic E-state index is 0.186. The summed E-state index contributed by atoms with van der Waals surface area (Å²) < 4.78 is 5.51. The second-order valence-electron chi connectivity index (χ2n) is 3.25. The molecule has 1 aliphatic rings. The predicted octanol–water partition coefficient (Wildman–Crippen LogP) is 1.01. The zero-order chi connectivity index (χ0) is 10.3. The fourth-order valence-electron chi connectivity index (χ4n) is 1.61. The first kappa shape index (κ1) is 8.16. The topological polar surface area (TPSA) is 73.9 Å². The lowest BCUT2D eigenvalue weighted by atomic mass is 10.1. The van der Waals surface area contributed by atoms with Crippen LogP contribution in [0.3, 0.4) is 0 Å². The molecule has 74 valence electrons. The molecular weight excluding hydrogens is 192 g/mol. The monoisotopic (exact) mass is 200 g/mol. The van der Waals surface area contributed by atoms with Crippen LogP contribution in [-0.4, -0.2) is 15.2 Å². The van der Waals surface area contributed by atoms with Crippen molar-refractivity contribution in [3.8, 4) is 17.0 Å². The van der Waals surface area contributed by atoms with Crippen LogP contribution in [0.2, 0.25) is 0 Å². The van der Waals surface area contributed by atoms with Crippen LogP contribution in [0.5, 0.6) is 5.75 Å². The normalized spacial score (nSPS) is 12.5. The van der Waals surface area contributed by atoms with Gasteiger partial charge in [-0.05, 0) is 12.1 Å². The highest BCUT2D eigenvalue weighted by Crippen LogP contribution is 2.34. The fourth-order valence-corrected chi connectivity index (χ4v) is 1.61. The number of benzene rings is 1. The average Bonchev–Trinajstić information content (AvgIpc) is 2.29. The van der Waals surface area contributed by atoms with Gasteiger partial charge in [-0.1, -0.05) is 12.1 Å². The molecule has 2 aromatic rings. The SMILES string of the molecule is Nc1nnc2c(n1)-c1ccccc1OC2. The summed E-state index contributed by atoms with van der Waals surface area (Å²) in [5.41, 5.74) is 7.92. The van der Waals surface area contributed by atoms with E-state index in [9.17, 15) is 0 Å². The molecule has 5 nitrogen and oxygen atoms in total. The van der Waals surface area contributed by atoms with E-state index < -0.39 is 0 Å². The van der Waals surface area contributed by atoms with Crippen molar-refractivity contribution in [3.63, 3.8) is 0 Å². The van der Waals surface area contributed by atoms with Gasteiger partial charge in [0.05, 0.1) is 0 Å². The van der Waals surface area contributed by atoms with Crippen LogP contribution < -0.4 is 10.5 Å². The van der Waals surface area contributed by atoms with Gasteiger partial charge >= 0.3 is 0 Å². The van der Waals surface area contributed by atoms with Gasteiger partial charge in [-0.15, -0.1) is 10.2 Å². The number of nitrogens with two attached hydrogens (primary N) is 1. The highest BCUT2D eigenvalue weighted by atomic mass is 16.5. The minimum absolute atomic E-state index is 0.186. The molecule has 5 heteroatoms. The van der Waals surface area contributed by atoms with Crippen LogP contribution in [0.15, 0.2) is 24.3 Å². The number of para-hydroxylation sites is 1. The molecule has 0 saturated heterocycles. The maximum atomic E-state index is 5.51. The van der Waals surface area contributed by atoms with E-state index in [0.717, 1.165) is 22.7 Å². The Labute approximate surface area is 85.9 Å². The van der Waals surface area contributed by atoms with Crippen molar-refractivity contribution in [2.24, 2.45) is 0 Å². The van der Waals surface area contributed by atoms with Crippen molar-refractivity contribution in [1.29, 1.82) is 0 Å². The van der Waals surface area contributed by atoms with Gasteiger partial charge in [0.25, 0.3) is 0 Å². The van der Waals surface area contributed by atoms with E-state index in [-0.39, 0.29) is 5.95 Å². The van der Waals surface area contributed by atoms with Crippen LogP contribution in [-0.2, 0) is 6.61 Å². The number of anilines is 1. The van der Waals surface area contributed by atoms with Crippen molar-refractivity contribution < 1.29 is 4.74 Å². The standard InChI is InChI=1S/C10H8N4O/c11-10-12-9-6-3-1-2-4-8(6)15-5-7(9)13-14-10/h1-4H,5H2,(H2,11,12,14). The lowest BCUT2D eigenvalue weighted by Crippen LogP contribution is -2.12. The number of aromatic nitrogens is 3. The molecule has 0 bridgehead atoms. The van der Waals surface area contributed by atoms with Gasteiger partial charge in [-0.3, -0.25) is 0 Å². The second kappa shape index (κ2) is 2.91. The maximum Gasteiger partial charge on any atom is 0.240 e. The zero-order valence-corrected chi connectivity index (χ0v) is 7.84. The van der Waals surface area contributed by atoms with Crippen molar-refractivity contribution >= 4 is 5.95 Å². The van der Waals surface area contributed by atoms with Crippen molar-refractivity contribution in [2.75, 3.05) is 5.73 Å². The van der Waals surface area contributed by atoms with E-state index in [1.54, 1.807) is 0 Å². The molecule has 1 aromatic heterocycles. The molecule has 0 fully saturated rings. The molecule has 15 heavy (non-hydrogen) atoms. The predicted molar refractivity (Wildman–Crippen MR) is 54.0 cm³/mol. The fraction of sp³-hybridized carbons (Fsp3) is 0.100. The summed E-state index contributed by atoms with van der Waals surface area (Å²) in [5.74, 6) is 0.996. The van der Waals surface area contributed by atoms with Crippen molar-refractivity contribution in [1.82, 2.24) is 15.2 Å². The van der Waals surface area contributed by atoms with E-state index in [2.05, 4.69) is 15.2 Å². The number of rotatable bonds is 0. The number of ether oxygens (including phenoxy) is 1. The van der Waals surface area contributed by atoms with Crippen LogP contribution >= 0.6 is 0 Å². The van der Waals surface area contributed by atoms with Gasteiger partial charge < -0.3 is 10.5 Å². The lowest BCUT2D eigenvalue weighted by Gasteiger charge is -2.17. The number of nitrogen functional groups attached to an aromatic ring is 1. The Morgan fingerprint density at radius 2 is 2.07 bits per heavy atom.